The maximum atomic E-state index is 4.58. The van der Waals surface area contributed by atoms with Crippen molar-refractivity contribution in [2.24, 2.45) is 0 Å². The van der Waals surface area contributed by atoms with Crippen LogP contribution in [0.5, 0.6) is 0 Å². The molecule has 0 fully saturated rings. The van der Waals surface area contributed by atoms with Crippen molar-refractivity contribution < 1.29 is 0 Å². The minimum absolute atomic E-state index is 0.356. The summed E-state index contributed by atoms with van der Waals surface area (Å²) in [6.07, 6.45) is 6.37. The lowest BCUT2D eigenvalue weighted by Gasteiger charge is -2.18. The third-order valence-corrected chi connectivity index (χ3v) is 3.79. The van der Waals surface area contributed by atoms with Gasteiger partial charge in [-0.2, -0.15) is 0 Å². The van der Waals surface area contributed by atoms with E-state index in [0.717, 1.165) is 19.3 Å². The molecule has 0 aliphatic heterocycles. The van der Waals surface area contributed by atoms with Crippen LogP contribution in [-0.2, 0) is 12.8 Å². The number of nitrogens with one attached hydrogen (secondary N) is 1. The number of benzene rings is 1. The second-order valence-corrected chi connectivity index (χ2v) is 5.12. The van der Waals surface area contributed by atoms with Crippen LogP contribution in [0.3, 0.4) is 0 Å². The van der Waals surface area contributed by atoms with Gasteiger partial charge < -0.3 is 5.32 Å². The van der Waals surface area contributed by atoms with E-state index in [1.165, 1.54) is 23.2 Å². The second-order valence-electron chi connectivity index (χ2n) is 5.12. The predicted molar refractivity (Wildman–Crippen MR) is 84.8 cm³/mol. The zero-order valence-corrected chi connectivity index (χ0v) is 12.5. The van der Waals surface area contributed by atoms with Gasteiger partial charge in [0.2, 0.25) is 0 Å². The van der Waals surface area contributed by atoms with E-state index in [4.69, 9.17) is 0 Å². The molecule has 2 aromatic rings. The lowest BCUT2D eigenvalue weighted by Crippen LogP contribution is -2.19. The first-order valence-corrected chi connectivity index (χ1v) is 7.50. The van der Waals surface area contributed by atoms with Gasteiger partial charge in [-0.05, 0) is 49.9 Å². The zero-order valence-electron chi connectivity index (χ0n) is 12.5. The van der Waals surface area contributed by atoms with Crippen LogP contribution in [0.2, 0.25) is 0 Å². The Morgan fingerprint density at radius 1 is 1.10 bits per heavy atom. The Morgan fingerprint density at radius 2 is 1.90 bits per heavy atom. The maximum absolute atomic E-state index is 4.58. The Kier molecular flexibility index (Phi) is 5.75. The van der Waals surface area contributed by atoms with Gasteiger partial charge >= 0.3 is 0 Å². The molecule has 1 aromatic heterocycles. The average molecular weight is 268 g/mol. The predicted octanol–water partition coefficient (Wildman–Crippen LogP) is 3.93. The quantitative estimate of drug-likeness (QED) is 0.823. The summed E-state index contributed by atoms with van der Waals surface area (Å²) in [5, 5.41) is 3.42. The molecule has 0 bridgehead atoms. The molecule has 0 radical (unpaired) electrons. The van der Waals surface area contributed by atoms with Crippen LogP contribution in [-0.4, -0.2) is 12.0 Å². The van der Waals surface area contributed by atoms with Crippen LogP contribution in [0, 0.1) is 0 Å². The van der Waals surface area contributed by atoms with Crippen molar-refractivity contribution >= 4 is 0 Å². The Labute approximate surface area is 122 Å². The summed E-state index contributed by atoms with van der Waals surface area (Å²) >= 11 is 0. The van der Waals surface area contributed by atoms with Gasteiger partial charge in [-0.15, -0.1) is 0 Å². The first-order valence-electron chi connectivity index (χ1n) is 7.50. The number of pyridine rings is 1. The van der Waals surface area contributed by atoms with Gasteiger partial charge in [-0.25, -0.2) is 0 Å². The second kappa shape index (κ2) is 7.81. The molecule has 0 aliphatic rings. The Balaban J connectivity index is 1.95. The van der Waals surface area contributed by atoms with Crippen molar-refractivity contribution in [1.29, 1.82) is 0 Å². The standard InChI is InChI=1S/C18H24N2/c1-3-16-12-8-14-20-18(16)17(19-2)13-7-11-15-9-5-4-6-10-15/h4-6,8-10,12,14,17,19H,3,7,11,13H2,1-2H3. The van der Waals surface area contributed by atoms with E-state index >= 15 is 0 Å². The lowest BCUT2D eigenvalue weighted by molar-refractivity contribution is 0.511. The number of rotatable bonds is 7. The van der Waals surface area contributed by atoms with Crippen molar-refractivity contribution in [3.8, 4) is 0 Å². The topological polar surface area (TPSA) is 24.9 Å². The van der Waals surface area contributed by atoms with Gasteiger partial charge in [0.05, 0.1) is 5.69 Å². The SMILES string of the molecule is CCc1cccnc1C(CCCc1ccccc1)NC. The highest BCUT2D eigenvalue weighted by Gasteiger charge is 2.13. The lowest BCUT2D eigenvalue weighted by atomic mass is 9.98. The van der Waals surface area contributed by atoms with Gasteiger partial charge in [0.1, 0.15) is 0 Å². The Morgan fingerprint density at radius 3 is 2.60 bits per heavy atom. The van der Waals surface area contributed by atoms with Crippen LogP contribution in [0.4, 0.5) is 0 Å². The van der Waals surface area contributed by atoms with E-state index in [0.29, 0.717) is 6.04 Å². The summed E-state index contributed by atoms with van der Waals surface area (Å²) in [7, 11) is 2.03. The Hall–Kier alpha value is -1.67. The number of hydrogen-bond donors (Lipinski definition) is 1. The van der Waals surface area contributed by atoms with Crippen molar-refractivity contribution in [3.63, 3.8) is 0 Å². The maximum Gasteiger partial charge on any atom is 0.0604 e. The van der Waals surface area contributed by atoms with E-state index in [1.54, 1.807) is 0 Å². The molecule has 0 saturated carbocycles. The van der Waals surface area contributed by atoms with E-state index in [9.17, 15) is 0 Å². The molecule has 2 nitrogen and oxygen atoms in total. The van der Waals surface area contributed by atoms with E-state index in [2.05, 4.69) is 53.6 Å². The third-order valence-electron chi connectivity index (χ3n) is 3.79. The summed E-state index contributed by atoms with van der Waals surface area (Å²) < 4.78 is 0. The molecule has 0 amide bonds. The van der Waals surface area contributed by atoms with Gasteiger partial charge in [-0.1, -0.05) is 43.3 Å². The average Bonchev–Trinajstić information content (AvgIpc) is 2.53. The summed E-state index contributed by atoms with van der Waals surface area (Å²) in [5.74, 6) is 0. The fraction of sp³-hybridized carbons (Fsp3) is 0.389. The molecule has 106 valence electrons. The molecule has 2 rings (SSSR count). The summed E-state index contributed by atoms with van der Waals surface area (Å²) in [4.78, 5) is 4.58. The van der Waals surface area contributed by atoms with Gasteiger partial charge in [-0.3, -0.25) is 4.98 Å². The number of aromatic nitrogens is 1. The summed E-state index contributed by atoms with van der Waals surface area (Å²) in [5.41, 5.74) is 3.98. The molecule has 0 spiro atoms. The van der Waals surface area contributed by atoms with Gasteiger partial charge in [0.25, 0.3) is 0 Å². The van der Waals surface area contributed by atoms with Gasteiger partial charge in [0.15, 0.2) is 0 Å². The molecule has 1 N–H and O–H groups in total. The largest absolute Gasteiger partial charge is 0.312 e. The highest BCUT2D eigenvalue weighted by molar-refractivity contribution is 5.23. The summed E-state index contributed by atoms with van der Waals surface area (Å²) in [6.45, 7) is 2.19. The fourth-order valence-electron chi connectivity index (χ4n) is 2.64. The van der Waals surface area contributed by atoms with E-state index < -0.39 is 0 Å². The highest BCUT2D eigenvalue weighted by Crippen LogP contribution is 2.21. The van der Waals surface area contributed by atoms with Crippen molar-refractivity contribution in [3.05, 3.63) is 65.5 Å². The number of aryl methyl sites for hydroxylation is 2. The van der Waals surface area contributed by atoms with Crippen LogP contribution in [0.1, 0.15) is 42.6 Å². The van der Waals surface area contributed by atoms with Crippen molar-refractivity contribution in [2.45, 2.75) is 38.6 Å². The number of nitrogens with zero attached hydrogens (tertiary/aromatic N) is 1. The van der Waals surface area contributed by atoms with Crippen LogP contribution in [0.15, 0.2) is 48.7 Å². The van der Waals surface area contributed by atoms with Crippen molar-refractivity contribution in [2.75, 3.05) is 7.05 Å². The summed E-state index contributed by atoms with van der Waals surface area (Å²) in [6, 6.07) is 15.3. The minimum Gasteiger partial charge on any atom is -0.312 e. The molecular formula is C18H24N2. The van der Waals surface area contributed by atoms with Crippen molar-refractivity contribution in [1.82, 2.24) is 10.3 Å². The van der Waals surface area contributed by atoms with Crippen LogP contribution in [0.25, 0.3) is 0 Å². The van der Waals surface area contributed by atoms with E-state index in [1.807, 2.05) is 19.3 Å². The van der Waals surface area contributed by atoms with Crippen LogP contribution < -0.4 is 5.32 Å². The molecule has 2 heteroatoms. The van der Waals surface area contributed by atoms with Gasteiger partial charge in [0, 0.05) is 12.2 Å². The smallest absolute Gasteiger partial charge is 0.0604 e. The molecular weight excluding hydrogens is 244 g/mol. The van der Waals surface area contributed by atoms with E-state index in [-0.39, 0.29) is 0 Å². The van der Waals surface area contributed by atoms with Crippen LogP contribution >= 0.6 is 0 Å². The Bertz CT molecular complexity index is 508. The fourth-order valence-corrected chi connectivity index (χ4v) is 2.64. The monoisotopic (exact) mass is 268 g/mol. The molecule has 1 atom stereocenters. The molecule has 1 aromatic carbocycles. The third kappa shape index (κ3) is 3.91. The zero-order chi connectivity index (χ0) is 14.2. The molecule has 0 aliphatic carbocycles. The normalized spacial score (nSPS) is 12.3. The molecule has 0 saturated heterocycles. The molecule has 1 heterocycles. The molecule has 1 unspecified atom stereocenters. The number of hydrogen-bond acceptors (Lipinski definition) is 2. The molecule has 20 heavy (non-hydrogen) atoms. The first kappa shape index (κ1) is 14.7. The highest BCUT2D eigenvalue weighted by atomic mass is 14.9. The minimum atomic E-state index is 0.356. The first-order chi connectivity index (χ1) is 9.85.